The van der Waals surface area contributed by atoms with Crippen molar-refractivity contribution in [3.8, 4) is 5.75 Å². The first kappa shape index (κ1) is 20.4. The van der Waals surface area contributed by atoms with Crippen LogP contribution in [0.25, 0.3) is 0 Å². The average Bonchev–Trinajstić information content (AvgIpc) is 3.21. The standard InChI is InChI=1S/C20H23N3O6/c1-3-27-20(26)23-10-8-22(9-11-23)19(25)18-12-17(29-21-18)13-28-16-6-4-15(5-7-16)14(2)24/h4-7,12H,3,8-11,13H2,1-2H3. The summed E-state index contributed by atoms with van der Waals surface area (Å²) in [6, 6.07) is 8.31. The van der Waals surface area contributed by atoms with E-state index in [1.807, 2.05) is 0 Å². The Morgan fingerprint density at radius 1 is 1.07 bits per heavy atom. The van der Waals surface area contributed by atoms with Crippen molar-refractivity contribution in [3.63, 3.8) is 0 Å². The fraction of sp³-hybridized carbons (Fsp3) is 0.400. The molecule has 0 radical (unpaired) electrons. The molecule has 0 bridgehead atoms. The van der Waals surface area contributed by atoms with Crippen molar-refractivity contribution in [2.75, 3.05) is 32.8 Å². The Balaban J connectivity index is 1.51. The number of carbonyl (C=O) groups excluding carboxylic acids is 3. The molecule has 2 amide bonds. The van der Waals surface area contributed by atoms with Gasteiger partial charge in [0.25, 0.3) is 5.91 Å². The summed E-state index contributed by atoms with van der Waals surface area (Å²) in [5, 5.41) is 3.83. The minimum absolute atomic E-state index is 0.0157. The van der Waals surface area contributed by atoms with Gasteiger partial charge in [0.05, 0.1) is 6.61 Å². The molecule has 0 atom stereocenters. The van der Waals surface area contributed by atoms with Crippen LogP contribution in [0.2, 0.25) is 0 Å². The lowest BCUT2D eigenvalue weighted by Crippen LogP contribution is -2.50. The molecular weight excluding hydrogens is 378 g/mol. The minimum Gasteiger partial charge on any atom is -0.486 e. The van der Waals surface area contributed by atoms with Gasteiger partial charge in [0.15, 0.2) is 17.2 Å². The number of benzene rings is 1. The highest BCUT2D eigenvalue weighted by molar-refractivity contribution is 5.94. The zero-order valence-electron chi connectivity index (χ0n) is 16.4. The van der Waals surface area contributed by atoms with E-state index in [2.05, 4.69) is 5.16 Å². The van der Waals surface area contributed by atoms with E-state index < -0.39 is 0 Å². The zero-order valence-corrected chi connectivity index (χ0v) is 16.4. The molecule has 1 aliphatic heterocycles. The predicted molar refractivity (Wildman–Crippen MR) is 102 cm³/mol. The molecule has 0 spiro atoms. The molecule has 0 unspecified atom stereocenters. The quantitative estimate of drug-likeness (QED) is 0.685. The van der Waals surface area contributed by atoms with Crippen molar-refractivity contribution in [1.29, 1.82) is 0 Å². The van der Waals surface area contributed by atoms with E-state index in [4.69, 9.17) is 14.0 Å². The van der Waals surface area contributed by atoms with Gasteiger partial charge in [-0.15, -0.1) is 0 Å². The number of nitrogens with zero attached hydrogens (tertiary/aromatic N) is 3. The second-order valence-corrected chi connectivity index (χ2v) is 6.53. The van der Waals surface area contributed by atoms with E-state index in [-0.39, 0.29) is 30.1 Å². The summed E-state index contributed by atoms with van der Waals surface area (Å²) in [5.74, 6) is 0.718. The number of amides is 2. The summed E-state index contributed by atoms with van der Waals surface area (Å²) in [6.45, 7) is 5.31. The van der Waals surface area contributed by atoms with Crippen molar-refractivity contribution >= 4 is 17.8 Å². The number of ether oxygens (including phenoxy) is 2. The zero-order chi connectivity index (χ0) is 20.8. The Labute approximate surface area is 168 Å². The molecule has 1 aromatic heterocycles. The molecule has 154 valence electrons. The number of ketones is 1. The Morgan fingerprint density at radius 2 is 1.72 bits per heavy atom. The van der Waals surface area contributed by atoms with E-state index >= 15 is 0 Å². The number of aromatic nitrogens is 1. The van der Waals surface area contributed by atoms with Crippen molar-refractivity contribution < 1.29 is 28.4 Å². The van der Waals surface area contributed by atoms with Crippen LogP contribution in [-0.2, 0) is 11.3 Å². The monoisotopic (exact) mass is 401 g/mol. The van der Waals surface area contributed by atoms with Gasteiger partial charge in [0.2, 0.25) is 0 Å². The highest BCUT2D eigenvalue weighted by atomic mass is 16.6. The molecule has 1 saturated heterocycles. The predicted octanol–water partition coefficient (Wildman–Crippen LogP) is 2.37. The maximum atomic E-state index is 12.6. The van der Waals surface area contributed by atoms with Crippen molar-refractivity contribution in [2.24, 2.45) is 0 Å². The molecule has 9 nitrogen and oxygen atoms in total. The molecule has 2 heterocycles. The van der Waals surface area contributed by atoms with Crippen molar-refractivity contribution in [2.45, 2.75) is 20.5 Å². The molecular formula is C20H23N3O6. The van der Waals surface area contributed by atoms with Crippen LogP contribution in [0.15, 0.2) is 34.9 Å². The largest absolute Gasteiger partial charge is 0.486 e. The Morgan fingerprint density at radius 3 is 2.34 bits per heavy atom. The number of hydrogen-bond donors (Lipinski definition) is 0. The molecule has 29 heavy (non-hydrogen) atoms. The lowest BCUT2D eigenvalue weighted by atomic mass is 10.1. The van der Waals surface area contributed by atoms with Gasteiger partial charge in [-0.05, 0) is 38.1 Å². The first-order chi connectivity index (χ1) is 14.0. The Bertz CT molecular complexity index is 869. The van der Waals surface area contributed by atoms with Gasteiger partial charge in [0.1, 0.15) is 12.4 Å². The van der Waals surface area contributed by atoms with Crippen LogP contribution in [0.3, 0.4) is 0 Å². The number of carbonyl (C=O) groups is 3. The van der Waals surface area contributed by atoms with Crippen molar-refractivity contribution in [3.05, 3.63) is 47.3 Å². The smallest absolute Gasteiger partial charge is 0.409 e. The molecule has 2 aromatic rings. The van der Waals surface area contributed by atoms with Crippen LogP contribution in [-0.4, -0.2) is 65.5 Å². The summed E-state index contributed by atoms with van der Waals surface area (Å²) in [5.41, 5.74) is 0.799. The number of piperazine rings is 1. The van der Waals surface area contributed by atoms with Gasteiger partial charge >= 0.3 is 6.09 Å². The second kappa shape index (κ2) is 9.22. The topological polar surface area (TPSA) is 102 Å². The maximum Gasteiger partial charge on any atom is 0.409 e. The highest BCUT2D eigenvalue weighted by Crippen LogP contribution is 2.16. The normalized spacial score (nSPS) is 13.9. The van der Waals surface area contributed by atoms with Gasteiger partial charge in [-0.3, -0.25) is 9.59 Å². The molecule has 0 saturated carbocycles. The first-order valence-electron chi connectivity index (χ1n) is 9.38. The van der Waals surface area contributed by atoms with Crippen LogP contribution in [0, 0.1) is 0 Å². The van der Waals surface area contributed by atoms with Gasteiger partial charge in [-0.2, -0.15) is 0 Å². The molecule has 0 aliphatic carbocycles. The number of Topliss-reactive ketones (excluding diaryl/α,β-unsaturated/α-hetero) is 1. The second-order valence-electron chi connectivity index (χ2n) is 6.53. The van der Waals surface area contributed by atoms with Crippen LogP contribution in [0.5, 0.6) is 5.75 Å². The fourth-order valence-electron chi connectivity index (χ4n) is 2.89. The third kappa shape index (κ3) is 5.13. The SMILES string of the molecule is CCOC(=O)N1CCN(C(=O)c2cc(COc3ccc(C(C)=O)cc3)on2)CC1. The number of hydrogen-bond acceptors (Lipinski definition) is 7. The summed E-state index contributed by atoms with van der Waals surface area (Å²) >= 11 is 0. The van der Waals surface area contributed by atoms with Crippen LogP contribution in [0.4, 0.5) is 4.79 Å². The van der Waals surface area contributed by atoms with E-state index in [1.54, 1.807) is 47.1 Å². The van der Waals surface area contributed by atoms with Crippen LogP contribution < -0.4 is 4.74 Å². The van der Waals surface area contributed by atoms with E-state index in [9.17, 15) is 14.4 Å². The van der Waals surface area contributed by atoms with Gasteiger partial charge in [-0.1, -0.05) is 5.16 Å². The molecule has 3 rings (SSSR count). The molecule has 1 fully saturated rings. The summed E-state index contributed by atoms with van der Waals surface area (Å²) in [4.78, 5) is 38.8. The van der Waals surface area contributed by atoms with Crippen molar-refractivity contribution in [1.82, 2.24) is 15.0 Å². The molecule has 1 aromatic carbocycles. The minimum atomic E-state index is -0.364. The van der Waals surface area contributed by atoms with Gasteiger partial charge in [0, 0.05) is 37.8 Å². The third-order valence-electron chi connectivity index (χ3n) is 4.51. The maximum absolute atomic E-state index is 12.6. The highest BCUT2D eigenvalue weighted by Gasteiger charge is 2.27. The summed E-state index contributed by atoms with van der Waals surface area (Å²) in [6.07, 6.45) is -0.364. The van der Waals surface area contributed by atoms with E-state index in [0.29, 0.717) is 49.9 Å². The Hall–Kier alpha value is -3.36. The average molecular weight is 401 g/mol. The van der Waals surface area contributed by atoms with Gasteiger partial charge < -0.3 is 23.8 Å². The Kier molecular flexibility index (Phi) is 6.48. The van der Waals surface area contributed by atoms with Gasteiger partial charge in [-0.25, -0.2) is 4.79 Å². The first-order valence-corrected chi connectivity index (χ1v) is 9.38. The van der Waals surface area contributed by atoms with Crippen LogP contribution >= 0.6 is 0 Å². The van der Waals surface area contributed by atoms with Crippen LogP contribution in [0.1, 0.15) is 40.5 Å². The summed E-state index contributed by atoms with van der Waals surface area (Å²) < 4.78 is 15.8. The van der Waals surface area contributed by atoms with E-state index in [0.717, 1.165) is 0 Å². The molecule has 9 heteroatoms. The van der Waals surface area contributed by atoms with E-state index in [1.165, 1.54) is 6.92 Å². The fourth-order valence-corrected chi connectivity index (χ4v) is 2.89. The summed E-state index contributed by atoms with van der Waals surface area (Å²) in [7, 11) is 0. The third-order valence-corrected chi connectivity index (χ3v) is 4.51. The number of rotatable bonds is 6. The lowest BCUT2D eigenvalue weighted by molar-refractivity contribution is 0.0562. The lowest BCUT2D eigenvalue weighted by Gasteiger charge is -2.33. The molecule has 0 N–H and O–H groups in total. The molecule has 1 aliphatic rings.